The summed E-state index contributed by atoms with van der Waals surface area (Å²) in [7, 11) is 0. The normalized spacial score (nSPS) is 15.9. The van der Waals surface area contributed by atoms with Crippen LogP contribution in [-0.2, 0) is 4.79 Å². The minimum Gasteiger partial charge on any atom is -0.480 e. The summed E-state index contributed by atoms with van der Waals surface area (Å²) in [6.45, 7) is 0. The monoisotopic (exact) mass is 389 g/mol. The fraction of sp³-hybridized carbons (Fsp3) is 0.385. The molecule has 102 valence electrons. The van der Waals surface area contributed by atoms with Gasteiger partial charge in [-0.05, 0) is 30.5 Å². The van der Waals surface area contributed by atoms with Crippen molar-refractivity contribution < 1.29 is 14.7 Å². The maximum absolute atomic E-state index is 12.0. The molecule has 0 radical (unpaired) electrons. The average Bonchev–Trinajstić information content (AvgIpc) is 3.10. The Morgan fingerprint density at radius 2 is 1.84 bits per heavy atom. The van der Waals surface area contributed by atoms with Crippen LogP contribution in [0, 0.1) is 5.92 Å². The van der Waals surface area contributed by atoms with Gasteiger partial charge in [0.25, 0.3) is 5.91 Å². The topological polar surface area (TPSA) is 66.4 Å². The molecule has 2 rings (SSSR count). The van der Waals surface area contributed by atoms with Gasteiger partial charge >= 0.3 is 5.97 Å². The zero-order chi connectivity index (χ0) is 14.0. The molecule has 0 bridgehead atoms. The summed E-state index contributed by atoms with van der Waals surface area (Å²) < 4.78 is 1.53. The fourth-order valence-corrected chi connectivity index (χ4v) is 3.13. The first-order chi connectivity index (χ1) is 8.95. The van der Waals surface area contributed by atoms with Gasteiger partial charge in [0.2, 0.25) is 0 Å². The molecule has 1 saturated carbocycles. The third kappa shape index (κ3) is 4.31. The van der Waals surface area contributed by atoms with Gasteiger partial charge < -0.3 is 10.4 Å². The van der Waals surface area contributed by atoms with Gasteiger partial charge in [-0.2, -0.15) is 0 Å². The van der Waals surface area contributed by atoms with Crippen LogP contribution in [0.15, 0.2) is 27.1 Å². The quantitative estimate of drug-likeness (QED) is 0.811. The van der Waals surface area contributed by atoms with E-state index in [0.717, 1.165) is 21.8 Å². The van der Waals surface area contributed by atoms with Crippen LogP contribution in [-0.4, -0.2) is 23.0 Å². The summed E-state index contributed by atoms with van der Waals surface area (Å²) in [4.78, 5) is 23.2. The van der Waals surface area contributed by atoms with E-state index in [1.807, 2.05) is 6.07 Å². The van der Waals surface area contributed by atoms with Crippen molar-refractivity contribution in [2.75, 3.05) is 0 Å². The lowest BCUT2D eigenvalue weighted by atomic mass is 10.1. The van der Waals surface area contributed by atoms with Crippen LogP contribution in [0.2, 0.25) is 0 Å². The van der Waals surface area contributed by atoms with Crippen LogP contribution in [0.25, 0.3) is 0 Å². The Bertz CT molecular complexity index is 494. The second-order valence-corrected chi connectivity index (χ2v) is 6.53. The Hall–Kier alpha value is -0.880. The van der Waals surface area contributed by atoms with Crippen molar-refractivity contribution in [3.05, 3.63) is 32.7 Å². The molecule has 1 amide bonds. The first kappa shape index (κ1) is 14.5. The highest BCUT2D eigenvalue weighted by atomic mass is 79.9. The molecule has 1 atom stereocenters. The Morgan fingerprint density at radius 3 is 2.32 bits per heavy atom. The van der Waals surface area contributed by atoms with Crippen molar-refractivity contribution in [1.29, 1.82) is 0 Å². The van der Waals surface area contributed by atoms with E-state index in [-0.39, 0.29) is 5.91 Å². The highest BCUT2D eigenvalue weighted by Crippen LogP contribution is 2.33. The molecule has 2 N–H and O–H groups in total. The van der Waals surface area contributed by atoms with E-state index in [0.29, 0.717) is 17.9 Å². The summed E-state index contributed by atoms with van der Waals surface area (Å²) in [6.07, 6.45) is 2.63. The molecule has 1 aromatic rings. The summed E-state index contributed by atoms with van der Waals surface area (Å²) in [5.74, 6) is -0.903. The van der Waals surface area contributed by atoms with Crippen LogP contribution in [0.3, 0.4) is 0 Å². The number of halogens is 2. The molecule has 6 heteroatoms. The van der Waals surface area contributed by atoms with Crippen molar-refractivity contribution in [2.45, 2.75) is 25.3 Å². The van der Waals surface area contributed by atoms with E-state index in [4.69, 9.17) is 5.11 Å². The van der Waals surface area contributed by atoms with Crippen molar-refractivity contribution in [3.63, 3.8) is 0 Å². The molecule has 19 heavy (non-hydrogen) atoms. The second-order valence-electron chi connectivity index (χ2n) is 4.70. The van der Waals surface area contributed by atoms with Gasteiger partial charge in [0, 0.05) is 14.5 Å². The first-order valence-electron chi connectivity index (χ1n) is 5.95. The zero-order valence-electron chi connectivity index (χ0n) is 10.0. The smallest absolute Gasteiger partial charge is 0.326 e. The highest BCUT2D eigenvalue weighted by Gasteiger charge is 2.30. The minimum atomic E-state index is -0.977. The van der Waals surface area contributed by atoms with Crippen LogP contribution in [0.5, 0.6) is 0 Å². The number of carbonyl (C=O) groups excluding carboxylic acids is 1. The molecule has 1 aromatic carbocycles. The number of amides is 1. The number of carbonyl (C=O) groups is 2. The van der Waals surface area contributed by atoms with E-state index < -0.39 is 12.0 Å². The van der Waals surface area contributed by atoms with Crippen molar-refractivity contribution >= 4 is 43.7 Å². The third-order valence-electron chi connectivity index (χ3n) is 2.99. The number of nitrogens with one attached hydrogen (secondary N) is 1. The van der Waals surface area contributed by atoms with Gasteiger partial charge in [-0.25, -0.2) is 4.79 Å². The maximum Gasteiger partial charge on any atom is 0.326 e. The summed E-state index contributed by atoms with van der Waals surface area (Å²) in [5.41, 5.74) is 0.434. The average molecular weight is 391 g/mol. The summed E-state index contributed by atoms with van der Waals surface area (Å²) in [5, 5.41) is 11.7. The zero-order valence-corrected chi connectivity index (χ0v) is 13.2. The molecule has 1 aliphatic rings. The van der Waals surface area contributed by atoms with Gasteiger partial charge in [0.15, 0.2) is 0 Å². The summed E-state index contributed by atoms with van der Waals surface area (Å²) in [6, 6.07) is 4.33. The van der Waals surface area contributed by atoms with Crippen molar-refractivity contribution in [3.8, 4) is 0 Å². The molecule has 0 heterocycles. The molecule has 0 aromatic heterocycles. The Labute approximate surface area is 127 Å². The lowest BCUT2D eigenvalue weighted by molar-refractivity contribution is -0.139. The lowest BCUT2D eigenvalue weighted by Gasteiger charge is -2.14. The standard InChI is InChI=1S/C13H13Br2NO3/c14-9-4-8(5-10(15)6-9)12(17)16-11(13(18)19)3-7-1-2-7/h4-7,11H,1-3H2,(H,16,17)(H,18,19)/t11-/m0/s1. The van der Waals surface area contributed by atoms with E-state index in [1.54, 1.807) is 12.1 Å². The third-order valence-corrected chi connectivity index (χ3v) is 3.91. The van der Waals surface area contributed by atoms with Crippen molar-refractivity contribution in [2.24, 2.45) is 5.92 Å². The highest BCUT2D eigenvalue weighted by molar-refractivity contribution is 9.11. The molecular formula is C13H13Br2NO3. The lowest BCUT2D eigenvalue weighted by Crippen LogP contribution is -2.41. The fourth-order valence-electron chi connectivity index (χ4n) is 1.83. The van der Waals surface area contributed by atoms with Crippen LogP contribution < -0.4 is 5.32 Å². The molecule has 0 unspecified atom stereocenters. The van der Waals surface area contributed by atoms with Crippen LogP contribution >= 0.6 is 31.9 Å². The molecule has 0 spiro atoms. The molecule has 0 aliphatic heterocycles. The number of aliphatic carboxylic acids is 1. The van der Waals surface area contributed by atoms with Gasteiger partial charge in [-0.15, -0.1) is 0 Å². The molecule has 4 nitrogen and oxygen atoms in total. The van der Waals surface area contributed by atoms with E-state index >= 15 is 0 Å². The van der Waals surface area contributed by atoms with E-state index in [9.17, 15) is 9.59 Å². The number of carboxylic acids is 1. The summed E-state index contributed by atoms with van der Waals surface area (Å²) >= 11 is 6.60. The van der Waals surface area contributed by atoms with Gasteiger partial charge in [0.05, 0.1) is 0 Å². The van der Waals surface area contributed by atoms with Crippen LogP contribution in [0.1, 0.15) is 29.6 Å². The van der Waals surface area contributed by atoms with Gasteiger partial charge in [-0.3, -0.25) is 4.79 Å². The molecule has 1 aliphatic carbocycles. The van der Waals surface area contributed by atoms with Crippen molar-refractivity contribution in [1.82, 2.24) is 5.32 Å². The Morgan fingerprint density at radius 1 is 1.26 bits per heavy atom. The van der Waals surface area contributed by atoms with Gasteiger partial charge in [-0.1, -0.05) is 44.7 Å². The van der Waals surface area contributed by atoms with E-state index in [2.05, 4.69) is 37.2 Å². The minimum absolute atomic E-state index is 0.366. The van der Waals surface area contributed by atoms with Crippen LogP contribution in [0.4, 0.5) is 0 Å². The van der Waals surface area contributed by atoms with Gasteiger partial charge in [0.1, 0.15) is 6.04 Å². The Balaban J connectivity index is 2.07. The molecule has 1 fully saturated rings. The number of rotatable bonds is 5. The number of carboxylic acid groups (broad SMARTS) is 1. The number of benzene rings is 1. The maximum atomic E-state index is 12.0. The SMILES string of the molecule is O=C(N[C@@H](CC1CC1)C(=O)O)c1cc(Br)cc(Br)c1. The Kier molecular flexibility index (Phi) is 4.62. The predicted molar refractivity (Wildman–Crippen MR) is 78.1 cm³/mol. The first-order valence-corrected chi connectivity index (χ1v) is 7.54. The molecular weight excluding hydrogens is 378 g/mol. The predicted octanol–water partition coefficient (Wildman–Crippen LogP) is 3.19. The number of hydrogen-bond donors (Lipinski definition) is 2. The second kappa shape index (κ2) is 6.05. The largest absolute Gasteiger partial charge is 0.480 e. The molecule has 0 saturated heterocycles. The van der Waals surface area contributed by atoms with E-state index in [1.165, 1.54) is 0 Å². The number of hydrogen-bond acceptors (Lipinski definition) is 2.